The number of nitrogens with two attached hydrogens (primary N) is 1. The molecule has 3 nitrogen and oxygen atoms in total. The first kappa shape index (κ1) is 11.5. The topological polar surface area (TPSA) is 63.3 Å². The van der Waals surface area contributed by atoms with E-state index in [0.29, 0.717) is 4.47 Å². The number of carboxylic acid groups (broad SMARTS) is 1. The highest BCUT2D eigenvalue weighted by atomic mass is 79.9. The fraction of sp³-hybridized carbons (Fsp3) is 0.364. The van der Waals surface area contributed by atoms with Gasteiger partial charge in [0.25, 0.3) is 0 Å². The number of carbonyl (C=O) groups is 1. The quantitative estimate of drug-likeness (QED) is 0.894. The van der Waals surface area contributed by atoms with Gasteiger partial charge in [0.2, 0.25) is 0 Å². The summed E-state index contributed by atoms with van der Waals surface area (Å²) in [5.74, 6) is -1.37. The lowest BCUT2D eigenvalue weighted by Crippen LogP contribution is -2.42. The van der Waals surface area contributed by atoms with Gasteiger partial charge in [-0.25, -0.2) is 4.39 Å². The normalized spacial score (nSPS) is 19.2. The Balaban J connectivity index is 2.40. The highest BCUT2D eigenvalue weighted by Crippen LogP contribution is 2.52. The summed E-state index contributed by atoms with van der Waals surface area (Å²) in [5.41, 5.74) is 5.93. The van der Waals surface area contributed by atoms with Crippen LogP contribution in [0.4, 0.5) is 4.39 Å². The molecule has 1 saturated carbocycles. The summed E-state index contributed by atoms with van der Waals surface area (Å²) in [6, 6.07) is 3.34. The summed E-state index contributed by atoms with van der Waals surface area (Å²) in [6.45, 7) is 0. The van der Waals surface area contributed by atoms with Crippen LogP contribution in [-0.2, 0) is 10.2 Å². The molecule has 1 aromatic carbocycles. The molecular formula is C11H11BrFNO2. The molecule has 0 aliphatic heterocycles. The molecule has 0 aromatic heterocycles. The molecule has 1 unspecified atom stereocenters. The average Bonchev–Trinajstić information content (AvgIpc) is 2.97. The van der Waals surface area contributed by atoms with Crippen molar-refractivity contribution >= 4 is 21.9 Å². The standard InChI is InChI=1S/C11H11BrFNO2/c12-8-5-6(13)1-2-7(8)11(3-4-11)9(14)10(15)16/h1-2,5,9H,3-4,14H2,(H,15,16). The van der Waals surface area contributed by atoms with E-state index in [0.717, 1.165) is 18.4 Å². The Morgan fingerprint density at radius 2 is 2.19 bits per heavy atom. The highest BCUT2D eigenvalue weighted by molar-refractivity contribution is 9.10. The first-order valence-corrected chi connectivity index (χ1v) is 5.70. The zero-order chi connectivity index (χ0) is 11.9. The SMILES string of the molecule is NC(C(=O)O)C1(c2ccc(F)cc2Br)CC1. The van der Waals surface area contributed by atoms with Crippen molar-refractivity contribution < 1.29 is 14.3 Å². The lowest BCUT2D eigenvalue weighted by molar-refractivity contribution is -0.139. The van der Waals surface area contributed by atoms with Gasteiger partial charge in [0, 0.05) is 9.89 Å². The summed E-state index contributed by atoms with van der Waals surface area (Å²) in [7, 11) is 0. The van der Waals surface area contributed by atoms with E-state index in [1.165, 1.54) is 12.1 Å². The van der Waals surface area contributed by atoms with Crippen LogP contribution < -0.4 is 5.73 Å². The van der Waals surface area contributed by atoms with Crippen molar-refractivity contribution in [3.63, 3.8) is 0 Å². The van der Waals surface area contributed by atoms with Crippen LogP contribution in [0.5, 0.6) is 0 Å². The summed E-state index contributed by atoms with van der Waals surface area (Å²) in [6.07, 6.45) is 1.45. The third-order valence-corrected chi connectivity index (χ3v) is 3.77. The van der Waals surface area contributed by atoms with Crippen LogP contribution in [0.15, 0.2) is 22.7 Å². The number of rotatable bonds is 3. The van der Waals surface area contributed by atoms with Crippen LogP contribution in [0.1, 0.15) is 18.4 Å². The second kappa shape index (κ2) is 3.82. The van der Waals surface area contributed by atoms with Crippen molar-refractivity contribution in [3.05, 3.63) is 34.1 Å². The molecule has 0 saturated heterocycles. The van der Waals surface area contributed by atoms with Crippen LogP contribution in [-0.4, -0.2) is 17.1 Å². The van der Waals surface area contributed by atoms with Crippen LogP contribution in [0.3, 0.4) is 0 Å². The van der Waals surface area contributed by atoms with Crippen molar-refractivity contribution in [1.29, 1.82) is 0 Å². The highest BCUT2D eigenvalue weighted by Gasteiger charge is 2.53. The monoisotopic (exact) mass is 287 g/mol. The van der Waals surface area contributed by atoms with E-state index >= 15 is 0 Å². The van der Waals surface area contributed by atoms with E-state index in [-0.39, 0.29) is 5.82 Å². The first-order valence-electron chi connectivity index (χ1n) is 4.91. The lowest BCUT2D eigenvalue weighted by Gasteiger charge is -2.21. The molecule has 1 atom stereocenters. The second-order valence-electron chi connectivity index (χ2n) is 4.10. The molecule has 0 radical (unpaired) electrons. The van der Waals surface area contributed by atoms with Crippen LogP contribution >= 0.6 is 15.9 Å². The smallest absolute Gasteiger partial charge is 0.321 e. The maximum atomic E-state index is 12.9. The molecule has 0 bridgehead atoms. The minimum absolute atomic E-state index is 0.352. The van der Waals surface area contributed by atoms with Gasteiger partial charge < -0.3 is 10.8 Å². The van der Waals surface area contributed by atoms with Crippen molar-refractivity contribution in [2.75, 3.05) is 0 Å². The molecule has 0 spiro atoms. The van der Waals surface area contributed by atoms with Gasteiger partial charge >= 0.3 is 5.97 Å². The van der Waals surface area contributed by atoms with Gasteiger partial charge in [-0.1, -0.05) is 22.0 Å². The summed E-state index contributed by atoms with van der Waals surface area (Å²) >= 11 is 3.25. The molecule has 0 amide bonds. The molecule has 86 valence electrons. The van der Waals surface area contributed by atoms with E-state index in [2.05, 4.69) is 15.9 Å². The van der Waals surface area contributed by atoms with E-state index in [9.17, 15) is 9.18 Å². The number of aliphatic carboxylic acids is 1. The Hall–Kier alpha value is -0.940. The molecule has 1 aromatic rings. The third-order valence-electron chi connectivity index (χ3n) is 3.12. The molecule has 5 heteroatoms. The number of halogens is 2. The van der Waals surface area contributed by atoms with Crippen LogP contribution in [0.2, 0.25) is 0 Å². The molecule has 3 N–H and O–H groups in total. The number of hydrogen-bond donors (Lipinski definition) is 2. The van der Waals surface area contributed by atoms with Gasteiger partial charge in [0.1, 0.15) is 11.9 Å². The van der Waals surface area contributed by atoms with Gasteiger partial charge in [-0.2, -0.15) is 0 Å². The summed E-state index contributed by atoms with van der Waals surface area (Å²) in [4.78, 5) is 10.9. The van der Waals surface area contributed by atoms with Gasteiger partial charge in [-0.3, -0.25) is 4.79 Å². The molecule has 1 fully saturated rings. The largest absolute Gasteiger partial charge is 0.480 e. The summed E-state index contributed by atoms with van der Waals surface area (Å²) < 4.78 is 13.5. The van der Waals surface area contributed by atoms with Gasteiger partial charge in [0.05, 0.1) is 0 Å². The maximum Gasteiger partial charge on any atom is 0.321 e. The minimum Gasteiger partial charge on any atom is -0.480 e. The molecule has 0 heterocycles. The number of carboxylic acids is 1. The fourth-order valence-electron chi connectivity index (χ4n) is 2.01. The molecule has 1 aliphatic rings. The average molecular weight is 288 g/mol. The Labute approximate surface area is 101 Å². The Morgan fingerprint density at radius 1 is 1.56 bits per heavy atom. The predicted molar refractivity (Wildman–Crippen MR) is 60.6 cm³/mol. The van der Waals surface area contributed by atoms with Gasteiger partial charge in [0.15, 0.2) is 0 Å². The lowest BCUT2D eigenvalue weighted by atomic mass is 9.88. The zero-order valence-corrected chi connectivity index (χ0v) is 10.00. The van der Waals surface area contributed by atoms with Gasteiger partial charge in [-0.15, -0.1) is 0 Å². The van der Waals surface area contributed by atoms with E-state index in [1.807, 2.05) is 0 Å². The van der Waals surface area contributed by atoms with Crippen molar-refractivity contribution in [2.24, 2.45) is 5.73 Å². The Kier molecular flexibility index (Phi) is 2.75. The van der Waals surface area contributed by atoms with Crippen molar-refractivity contribution in [1.82, 2.24) is 0 Å². The molecular weight excluding hydrogens is 277 g/mol. The zero-order valence-electron chi connectivity index (χ0n) is 8.41. The van der Waals surface area contributed by atoms with Crippen LogP contribution in [0.25, 0.3) is 0 Å². The van der Waals surface area contributed by atoms with Crippen LogP contribution in [0, 0.1) is 5.82 Å². The van der Waals surface area contributed by atoms with Gasteiger partial charge in [-0.05, 0) is 30.5 Å². The maximum absolute atomic E-state index is 12.9. The number of hydrogen-bond acceptors (Lipinski definition) is 2. The first-order chi connectivity index (χ1) is 7.47. The third kappa shape index (κ3) is 1.74. The van der Waals surface area contributed by atoms with Crippen molar-refractivity contribution in [3.8, 4) is 0 Å². The molecule has 1 aliphatic carbocycles. The molecule has 16 heavy (non-hydrogen) atoms. The minimum atomic E-state index is -1.02. The van der Waals surface area contributed by atoms with E-state index in [4.69, 9.17) is 10.8 Å². The Morgan fingerprint density at radius 3 is 2.62 bits per heavy atom. The predicted octanol–water partition coefficient (Wildman–Crippen LogP) is 2.03. The Bertz CT molecular complexity index is 446. The second-order valence-corrected chi connectivity index (χ2v) is 4.95. The summed E-state index contributed by atoms with van der Waals surface area (Å²) in [5, 5.41) is 8.95. The van der Waals surface area contributed by atoms with E-state index in [1.54, 1.807) is 6.07 Å². The van der Waals surface area contributed by atoms with E-state index < -0.39 is 17.4 Å². The molecule has 2 rings (SSSR count). The fourth-order valence-corrected chi connectivity index (χ4v) is 2.76. The van der Waals surface area contributed by atoms with Crippen molar-refractivity contribution in [2.45, 2.75) is 24.3 Å². The number of benzene rings is 1.